The number of likely N-dealkylation sites (tertiary alicyclic amines) is 1. The van der Waals surface area contributed by atoms with Gasteiger partial charge in [-0.25, -0.2) is 4.79 Å². The molecule has 1 aromatic rings. The maximum atomic E-state index is 12.5. The van der Waals surface area contributed by atoms with Crippen LogP contribution in [0, 0.1) is 5.92 Å². The van der Waals surface area contributed by atoms with Gasteiger partial charge in [0.15, 0.2) is 0 Å². The first kappa shape index (κ1) is 21.8. The van der Waals surface area contributed by atoms with Crippen molar-refractivity contribution in [2.45, 2.75) is 32.7 Å². The van der Waals surface area contributed by atoms with Crippen molar-refractivity contribution in [3.8, 4) is 5.75 Å². The molecule has 1 aliphatic heterocycles. The molecule has 0 aliphatic carbocycles. The number of ether oxygens (including phenoxy) is 2. The molecule has 1 fully saturated rings. The molecule has 0 bridgehead atoms. The number of piperidine rings is 1. The van der Waals surface area contributed by atoms with Gasteiger partial charge in [0.2, 0.25) is 5.91 Å². The summed E-state index contributed by atoms with van der Waals surface area (Å²) in [6, 6.07) is 7.09. The normalized spacial score (nSPS) is 15.6. The summed E-state index contributed by atoms with van der Waals surface area (Å²) in [7, 11) is 1.61. The van der Waals surface area contributed by atoms with Crippen molar-refractivity contribution >= 4 is 17.6 Å². The fourth-order valence-electron chi connectivity index (χ4n) is 3.04. The second-order valence-corrected chi connectivity index (χ2v) is 7.33. The lowest BCUT2D eigenvalue weighted by molar-refractivity contribution is -0.127. The van der Waals surface area contributed by atoms with E-state index in [2.05, 4.69) is 17.2 Å². The van der Waals surface area contributed by atoms with Crippen LogP contribution in [-0.4, -0.2) is 56.3 Å². The molecular weight excluding hydrogens is 358 g/mol. The van der Waals surface area contributed by atoms with E-state index < -0.39 is 0 Å². The van der Waals surface area contributed by atoms with Crippen LogP contribution < -0.4 is 15.4 Å². The van der Waals surface area contributed by atoms with Gasteiger partial charge in [0.1, 0.15) is 12.4 Å². The molecule has 0 spiro atoms. The highest BCUT2D eigenvalue weighted by atomic mass is 16.5. The summed E-state index contributed by atoms with van der Waals surface area (Å²) in [5.74, 6) is 0.707. The molecule has 1 unspecified atom stereocenters. The Hall–Kier alpha value is -2.54. The number of nitrogens with one attached hydrogen (secondary N) is 2. The highest BCUT2D eigenvalue weighted by molar-refractivity contribution is 5.89. The zero-order valence-corrected chi connectivity index (χ0v) is 17.0. The molecule has 1 saturated heterocycles. The monoisotopic (exact) mass is 389 g/mol. The Morgan fingerprint density at radius 3 is 2.46 bits per heavy atom. The second-order valence-electron chi connectivity index (χ2n) is 7.33. The molecule has 0 radical (unpaired) electrons. The zero-order valence-electron chi connectivity index (χ0n) is 17.0. The van der Waals surface area contributed by atoms with Gasteiger partial charge < -0.3 is 25.0 Å². The maximum absolute atomic E-state index is 12.5. The molecule has 0 saturated carbocycles. The molecule has 1 aliphatic rings. The number of amides is 3. The van der Waals surface area contributed by atoms with Gasteiger partial charge in [0.05, 0.1) is 6.61 Å². The number of anilines is 1. The van der Waals surface area contributed by atoms with E-state index in [9.17, 15) is 9.59 Å². The van der Waals surface area contributed by atoms with E-state index in [0.29, 0.717) is 44.8 Å². The van der Waals surface area contributed by atoms with Crippen LogP contribution in [0.2, 0.25) is 0 Å². The van der Waals surface area contributed by atoms with Crippen molar-refractivity contribution in [1.29, 1.82) is 0 Å². The molecule has 28 heavy (non-hydrogen) atoms. The van der Waals surface area contributed by atoms with Crippen LogP contribution in [0.15, 0.2) is 36.4 Å². The minimum Gasteiger partial charge on any atom is -0.489 e. The summed E-state index contributed by atoms with van der Waals surface area (Å²) in [5.41, 5.74) is 1.66. The van der Waals surface area contributed by atoms with Gasteiger partial charge in [0, 0.05) is 37.8 Å². The first-order chi connectivity index (χ1) is 13.4. The highest BCUT2D eigenvalue weighted by Gasteiger charge is 2.28. The van der Waals surface area contributed by atoms with E-state index in [1.807, 2.05) is 38.1 Å². The largest absolute Gasteiger partial charge is 0.489 e. The Bertz CT molecular complexity index is 667. The predicted molar refractivity (Wildman–Crippen MR) is 110 cm³/mol. The molecule has 3 amide bonds. The van der Waals surface area contributed by atoms with Crippen molar-refractivity contribution in [2.24, 2.45) is 5.92 Å². The molecule has 1 aromatic carbocycles. The topological polar surface area (TPSA) is 79.9 Å². The van der Waals surface area contributed by atoms with Crippen LogP contribution in [0.1, 0.15) is 26.7 Å². The number of benzene rings is 1. The van der Waals surface area contributed by atoms with Gasteiger partial charge in [-0.1, -0.05) is 6.58 Å². The summed E-state index contributed by atoms with van der Waals surface area (Å²) >= 11 is 0. The molecule has 0 aromatic heterocycles. The third kappa shape index (κ3) is 6.88. The summed E-state index contributed by atoms with van der Waals surface area (Å²) in [4.78, 5) is 26.5. The summed E-state index contributed by atoms with van der Waals surface area (Å²) in [6.07, 6.45) is 1.32. The lowest BCUT2D eigenvalue weighted by Gasteiger charge is -2.32. The van der Waals surface area contributed by atoms with Gasteiger partial charge in [0.25, 0.3) is 0 Å². The van der Waals surface area contributed by atoms with Crippen molar-refractivity contribution < 1.29 is 19.1 Å². The Labute approximate surface area is 167 Å². The lowest BCUT2D eigenvalue weighted by Crippen LogP contribution is -2.46. The Morgan fingerprint density at radius 2 is 1.89 bits per heavy atom. The Kier molecular flexibility index (Phi) is 8.32. The number of urea groups is 1. The van der Waals surface area contributed by atoms with E-state index in [-0.39, 0.29) is 23.9 Å². The number of hydrogen-bond acceptors (Lipinski definition) is 4. The predicted octanol–water partition coefficient (Wildman–Crippen LogP) is 3.04. The zero-order chi connectivity index (χ0) is 20.5. The van der Waals surface area contributed by atoms with E-state index in [4.69, 9.17) is 9.47 Å². The molecule has 154 valence electrons. The quantitative estimate of drug-likeness (QED) is 0.670. The van der Waals surface area contributed by atoms with Gasteiger partial charge in [-0.15, -0.1) is 0 Å². The van der Waals surface area contributed by atoms with Crippen molar-refractivity contribution in [1.82, 2.24) is 10.2 Å². The number of methoxy groups -OCH3 is 1. The SMILES string of the molecule is C=C(C)COc1ccc(NC(=O)N2CCC(C(=O)NC(C)COC)CC2)cc1. The number of hydrogen-bond donors (Lipinski definition) is 2. The number of carbonyl (C=O) groups is 2. The van der Waals surface area contributed by atoms with Crippen LogP contribution in [-0.2, 0) is 9.53 Å². The molecule has 7 nitrogen and oxygen atoms in total. The van der Waals surface area contributed by atoms with Crippen LogP contribution in [0.5, 0.6) is 5.75 Å². The number of carbonyl (C=O) groups excluding carboxylic acids is 2. The van der Waals surface area contributed by atoms with E-state index in [1.54, 1.807) is 12.0 Å². The van der Waals surface area contributed by atoms with Crippen molar-refractivity contribution in [3.05, 3.63) is 36.4 Å². The molecule has 7 heteroatoms. The third-order valence-corrected chi connectivity index (χ3v) is 4.55. The first-order valence-electron chi connectivity index (χ1n) is 9.61. The Balaban J connectivity index is 1.77. The highest BCUT2D eigenvalue weighted by Crippen LogP contribution is 2.20. The fraction of sp³-hybridized carbons (Fsp3) is 0.524. The lowest BCUT2D eigenvalue weighted by atomic mass is 9.96. The van der Waals surface area contributed by atoms with E-state index in [0.717, 1.165) is 11.3 Å². The van der Waals surface area contributed by atoms with Crippen LogP contribution in [0.4, 0.5) is 10.5 Å². The van der Waals surface area contributed by atoms with Crippen LogP contribution >= 0.6 is 0 Å². The summed E-state index contributed by atoms with van der Waals surface area (Å²) in [6.45, 7) is 9.70. The van der Waals surface area contributed by atoms with Gasteiger partial charge in [-0.3, -0.25) is 4.79 Å². The number of nitrogens with zero attached hydrogens (tertiary/aromatic N) is 1. The van der Waals surface area contributed by atoms with E-state index in [1.165, 1.54) is 0 Å². The average Bonchev–Trinajstić information content (AvgIpc) is 2.67. The molecule has 2 rings (SSSR count). The van der Waals surface area contributed by atoms with Gasteiger partial charge in [-0.2, -0.15) is 0 Å². The van der Waals surface area contributed by atoms with Crippen molar-refractivity contribution in [3.63, 3.8) is 0 Å². The molecule has 1 heterocycles. The third-order valence-electron chi connectivity index (χ3n) is 4.55. The minimum absolute atomic E-state index is 0.0128. The molecule has 2 N–H and O–H groups in total. The Morgan fingerprint density at radius 1 is 1.25 bits per heavy atom. The van der Waals surface area contributed by atoms with Gasteiger partial charge in [-0.05, 0) is 56.5 Å². The summed E-state index contributed by atoms with van der Waals surface area (Å²) in [5, 5.41) is 5.85. The summed E-state index contributed by atoms with van der Waals surface area (Å²) < 4.78 is 10.6. The average molecular weight is 389 g/mol. The van der Waals surface area contributed by atoms with Crippen LogP contribution in [0.3, 0.4) is 0 Å². The smallest absolute Gasteiger partial charge is 0.321 e. The maximum Gasteiger partial charge on any atom is 0.321 e. The molecular formula is C21H31N3O4. The first-order valence-corrected chi connectivity index (χ1v) is 9.61. The van der Waals surface area contributed by atoms with Crippen molar-refractivity contribution in [2.75, 3.05) is 38.7 Å². The molecule has 1 atom stereocenters. The minimum atomic E-state index is -0.151. The standard InChI is InChI=1S/C21H31N3O4/c1-15(2)13-28-19-7-5-18(6-8-19)23-21(26)24-11-9-17(10-12-24)20(25)22-16(3)14-27-4/h5-8,16-17H,1,9-14H2,2-4H3,(H,22,25)(H,23,26). The second kappa shape index (κ2) is 10.7. The van der Waals surface area contributed by atoms with Gasteiger partial charge >= 0.3 is 6.03 Å². The van der Waals surface area contributed by atoms with E-state index >= 15 is 0 Å². The van der Waals surface area contributed by atoms with Crippen LogP contribution in [0.25, 0.3) is 0 Å². The number of rotatable bonds is 8. The fourth-order valence-corrected chi connectivity index (χ4v) is 3.04.